The van der Waals surface area contributed by atoms with E-state index in [9.17, 15) is 9.59 Å². The first-order valence-corrected chi connectivity index (χ1v) is 11.2. The smallest absolute Gasteiger partial charge is 0.263 e. The molecule has 2 N–H and O–H groups in total. The van der Waals surface area contributed by atoms with E-state index in [2.05, 4.69) is 24.5 Å². The van der Waals surface area contributed by atoms with Gasteiger partial charge in [-0.25, -0.2) is 0 Å². The van der Waals surface area contributed by atoms with Crippen LogP contribution in [0.15, 0.2) is 24.3 Å². The summed E-state index contributed by atoms with van der Waals surface area (Å²) >= 11 is 0. The van der Waals surface area contributed by atoms with E-state index >= 15 is 0 Å². The van der Waals surface area contributed by atoms with E-state index < -0.39 is 6.10 Å². The van der Waals surface area contributed by atoms with Crippen molar-refractivity contribution in [2.45, 2.75) is 70.9 Å². The average Bonchev–Trinajstić information content (AvgIpc) is 2.76. The molecule has 1 unspecified atom stereocenters. The van der Waals surface area contributed by atoms with E-state index in [0.717, 1.165) is 25.1 Å². The standard InChI is InChI=1S/C23H35N3O3/c1-3-18(4-2)25-23(28)21-15-26(19-12-8-9-13-20(19)29-21)16-22(27)24-14-17-10-6-5-7-11-17/h8-9,12-13,17-18,21H,3-7,10-11,14-16H2,1-2H3,(H,24,27)(H,25,28). The van der Waals surface area contributed by atoms with Crippen LogP contribution in [0.5, 0.6) is 5.75 Å². The summed E-state index contributed by atoms with van der Waals surface area (Å²) in [7, 11) is 0. The van der Waals surface area contributed by atoms with Crippen LogP contribution in [-0.4, -0.2) is 43.6 Å². The van der Waals surface area contributed by atoms with Gasteiger partial charge in [0.1, 0.15) is 5.75 Å². The van der Waals surface area contributed by atoms with Crippen molar-refractivity contribution in [3.05, 3.63) is 24.3 Å². The Morgan fingerprint density at radius 1 is 1.14 bits per heavy atom. The van der Waals surface area contributed by atoms with Crippen LogP contribution < -0.4 is 20.3 Å². The van der Waals surface area contributed by atoms with Crippen LogP contribution in [0.3, 0.4) is 0 Å². The average molecular weight is 402 g/mol. The van der Waals surface area contributed by atoms with Crippen molar-refractivity contribution in [3.63, 3.8) is 0 Å². The van der Waals surface area contributed by atoms with Gasteiger partial charge < -0.3 is 20.3 Å². The molecular weight excluding hydrogens is 366 g/mol. The quantitative estimate of drug-likeness (QED) is 0.701. The Morgan fingerprint density at radius 3 is 2.59 bits per heavy atom. The van der Waals surface area contributed by atoms with Crippen LogP contribution in [-0.2, 0) is 9.59 Å². The molecule has 160 valence electrons. The third-order valence-corrected chi connectivity index (χ3v) is 6.13. The Labute approximate surface area is 174 Å². The second-order valence-electron chi connectivity index (χ2n) is 8.28. The van der Waals surface area contributed by atoms with Crippen LogP contribution in [0.2, 0.25) is 0 Å². The summed E-state index contributed by atoms with van der Waals surface area (Å²) < 4.78 is 5.97. The molecule has 0 radical (unpaired) electrons. The molecule has 1 fully saturated rings. The number of hydrogen-bond acceptors (Lipinski definition) is 4. The Balaban J connectivity index is 1.61. The Morgan fingerprint density at radius 2 is 1.86 bits per heavy atom. The van der Waals surface area contributed by atoms with Crippen molar-refractivity contribution in [1.29, 1.82) is 0 Å². The van der Waals surface area contributed by atoms with Gasteiger partial charge in [-0.2, -0.15) is 0 Å². The molecule has 3 rings (SSSR count). The highest BCUT2D eigenvalue weighted by molar-refractivity contribution is 5.86. The Kier molecular flexibility index (Phi) is 7.78. The summed E-state index contributed by atoms with van der Waals surface area (Å²) in [6.07, 6.45) is 7.43. The molecule has 1 aliphatic carbocycles. The molecule has 2 aliphatic rings. The van der Waals surface area contributed by atoms with Gasteiger partial charge in [-0.15, -0.1) is 0 Å². The van der Waals surface area contributed by atoms with Gasteiger partial charge in [-0.3, -0.25) is 9.59 Å². The molecule has 1 aromatic rings. The Bertz CT molecular complexity index is 684. The third-order valence-electron chi connectivity index (χ3n) is 6.13. The Hall–Kier alpha value is -2.24. The molecule has 2 amide bonds. The minimum absolute atomic E-state index is 0.00595. The fourth-order valence-electron chi connectivity index (χ4n) is 4.26. The molecule has 1 aliphatic heterocycles. The minimum atomic E-state index is -0.614. The molecule has 0 saturated heterocycles. The molecule has 1 heterocycles. The van der Waals surface area contributed by atoms with E-state index in [1.165, 1.54) is 32.1 Å². The number of carbonyl (C=O) groups is 2. The van der Waals surface area contributed by atoms with Crippen molar-refractivity contribution in [1.82, 2.24) is 10.6 Å². The van der Waals surface area contributed by atoms with Crippen molar-refractivity contribution in [2.75, 3.05) is 24.5 Å². The number of nitrogens with zero attached hydrogens (tertiary/aromatic N) is 1. The second kappa shape index (κ2) is 10.5. The molecule has 6 nitrogen and oxygen atoms in total. The predicted molar refractivity (Wildman–Crippen MR) is 115 cm³/mol. The van der Waals surface area contributed by atoms with Gasteiger partial charge in [-0.1, -0.05) is 45.2 Å². The number of anilines is 1. The van der Waals surface area contributed by atoms with Gasteiger partial charge in [0.25, 0.3) is 5.91 Å². The van der Waals surface area contributed by atoms with Crippen LogP contribution >= 0.6 is 0 Å². The maximum atomic E-state index is 12.7. The summed E-state index contributed by atoms with van der Waals surface area (Å²) in [6.45, 7) is 5.49. The number of para-hydroxylation sites is 2. The van der Waals surface area contributed by atoms with Gasteiger partial charge in [0, 0.05) is 12.6 Å². The van der Waals surface area contributed by atoms with Crippen molar-refractivity contribution in [3.8, 4) is 5.75 Å². The topological polar surface area (TPSA) is 70.7 Å². The number of fused-ring (bicyclic) bond motifs is 1. The first-order chi connectivity index (χ1) is 14.1. The van der Waals surface area contributed by atoms with Crippen LogP contribution in [0, 0.1) is 5.92 Å². The number of ether oxygens (including phenoxy) is 1. The van der Waals surface area contributed by atoms with E-state index in [4.69, 9.17) is 4.74 Å². The summed E-state index contributed by atoms with van der Waals surface area (Å²) in [5, 5.41) is 6.17. The maximum Gasteiger partial charge on any atom is 0.263 e. The van der Waals surface area contributed by atoms with Crippen molar-refractivity contribution < 1.29 is 14.3 Å². The molecule has 0 aromatic heterocycles. The molecule has 1 saturated carbocycles. The summed E-state index contributed by atoms with van der Waals surface area (Å²) in [5.41, 5.74) is 0.867. The molecule has 29 heavy (non-hydrogen) atoms. The fraction of sp³-hybridized carbons (Fsp3) is 0.652. The summed E-state index contributed by atoms with van der Waals surface area (Å²) in [6, 6.07) is 7.77. The lowest BCUT2D eigenvalue weighted by Crippen LogP contribution is -2.53. The molecule has 0 bridgehead atoms. The monoisotopic (exact) mass is 401 g/mol. The van der Waals surface area contributed by atoms with Gasteiger partial charge in [-0.05, 0) is 43.7 Å². The highest BCUT2D eigenvalue weighted by atomic mass is 16.5. The van der Waals surface area contributed by atoms with Gasteiger partial charge >= 0.3 is 0 Å². The SMILES string of the molecule is CCC(CC)NC(=O)C1CN(CC(=O)NCC2CCCCC2)c2ccccc2O1. The van der Waals surface area contributed by atoms with Gasteiger partial charge in [0.2, 0.25) is 5.91 Å². The first kappa shape index (κ1) is 21.5. The molecule has 1 aromatic carbocycles. The first-order valence-electron chi connectivity index (χ1n) is 11.2. The van der Waals surface area contributed by atoms with E-state index in [0.29, 0.717) is 18.2 Å². The van der Waals surface area contributed by atoms with E-state index in [-0.39, 0.29) is 24.4 Å². The van der Waals surface area contributed by atoms with Crippen LogP contribution in [0.25, 0.3) is 0 Å². The fourth-order valence-corrected chi connectivity index (χ4v) is 4.26. The zero-order chi connectivity index (χ0) is 20.6. The zero-order valence-electron chi connectivity index (χ0n) is 17.8. The third kappa shape index (κ3) is 5.87. The van der Waals surface area contributed by atoms with E-state index in [1.807, 2.05) is 29.2 Å². The highest BCUT2D eigenvalue weighted by Crippen LogP contribution is 2.33. The largest absolute Gasteiger partial charge is 0.477 e. The van der Waals surface area contributed by atoms with E-state index in [1.54, 1.807) is 0 Å². The molecular formula is C23H35N3O3. The number of amides is 2. The molecule has 6 heteroatoms. The zero-order valence-corrected chi connectivity index (χ0v) is 17.8. The van der Waals surface area contributed by atoms with Crippen LogP contribution in [0.4, 0.5) is 5.69 Å². The predicted octanol–water partition coefficient (Wildman–Crippen LogP) is 3.26. The van der Waals surface area contributed by atoms with Crippen molar-refractivity contribution in [2.24, 2.45) is 5.92 Å². The summed E-state index contributed by atoms with van der Waals surface area (Å²) in [4.78, 5) is 27.3. The second-order valence-corrected chi connectivity index (χ2v) is 8.28. The number of nitrogens with one attached hydrogen (secondary N) is 2. The summed E-state index contributed by atoms with van der Waals surface area (Å²) in [5.74, 6) is 1.15. The lowest BCUT2D eigenvalue weighted by molar-refractivity contribution is -0.129. The number of carbonyl (C=O) groups excluding carboxylic acids is 2. The number of benzene rings is 1. The van der Waals surface area contributed by atoms with Gasteiger partial charge in [0.15, 0.2) is 6.10 Å². The number of hydrogen-bond donors (Lipinski definition) is 2. The lowest BCUT2D eigenvalue weighted by Gasteiger charge is -2.35. The normalized spacial score (nSPS) is 19.4. The van der Waals surface area contributed by atoms with Crippen LogP contribution in [0.1, 0.15) is 58.8 Å². The highest BCUT2D eigenvalue weighted by Gasteiger charge is 2.32. The number of rotatable bonds is 8. The molecule has 1 atom stereocenters. The maximum absolute atomic E-state index is 12.7. The van der Waals surface area contributed by atoms with Crippen molar-refractivity contribution >= 4 is 17.5 Å². The lowest BCUT2D eigenvalue weighted by atomic mass is 9.89. The molecule has 0 spiro atoms. The minimum Gasteiger partial charge on any atom is -0.477 e. The van der Waals surface area contributed by atoms with Gasteiger partial charge in [0.05, 0.1) is 18.8 Å².